The molecule has 1 N–H and O–H groups in total. The number of hydrogen-bond donors (Lipinski definition) is 1. The van der Waals surface area contributed by atoms with Crippen molar-refractivity contribution >= 4 is 22.9 Å². The minimum absolute atomic E-state index is 0.00883. The molecule has 0 radical (unpaired) electrons. The first kappa shape index (κ1) is 20.2. The Morgan fingerprint density at radius 3 is 3.00 bits per heavy atom. The predicted molar refractivity (Wildman–Crippen MR) is 107 cm³/mol. The maximum atomic E-state index is 12.5. The highest BCUT2D eigenvalue weighted by atomic mass is 16.5. The molecule has 0 saturated carbocycles. The predicted octanol–water partition coefficient (Wildman–Crippen LogP) is 2.92. The molecule has 1 fully saturated rings. The number of ketones is 1. The van der Waals surface area contributed by atoms with Crippen molar-refractivity contribution in [3.63, 3.8) is 0 Å². The van der Waals surface area contributed by atoms with E-state index in [4.69, 9.17) is 9.72 Å². The fourth-order valence-corrected chi connectivity index (χ4v) is 3.98. The maximum absolute atomic E-state index is 12.5. The van der Waals surface area contributed by atoms with Crippen molar-refractivity contribution in [3.8, 4) is 0 Å². The van der Waals surface area contributed by atoms with Gasteiger partial charge in [0.05, 0.1) is 17.5 Å². The Labute approximate surface area is 165 Å². The normalized spacial score (nSPS) is 19.3. The molecule has 1 saturated heterocycles. The van der Waals surface area contributed by atoms with Crippen LogP contribution in [0.3, 0.4) is 0 Å². The van der Waals surface area contributed by atoms with E-state index in [0.717, 1.165) is 25.0 Å². The van der Waals surface area contributed by atoms with E-state index in [0.29, 0.717) is 48.6 Å². The van der Waals surface area contributed by atoms with E-state index in [9.17, 15) is 9.59 Å². The largest absolute Gasteiger partial charge is 0.385 e. The van der Waals surface area contributed by atoms with Crippen LogP contribution in [0.2, 0.25) is 0 Å². The van der Waals surface area contributed by atoms with Crippen molar-refractivity contribution in [2.75, 3.05) is 20.3 Å². The van der Waals surface area contributed by atoms with Crippen molar-refractivity contribution in [1.82, 2.24) is 19.9 Å². The Morgan fingerprint density at radius 2 is 2.29 bits per heavy atom. The van der Waals surface area contributed by atoms with Crippen LogP contribution in [0.4, 0.5) is 0 Å². The molecular formula is C21H28N4O3. The van der Waals surface area contributed by atoms with E-state index in [1.165, 1.54) is 6.08 Å². The number of nitrogens with one attached hydrogen (secondary N) is 1. The Bertz CT molecular complexity index is 860. The lowest BCUT2D eigenvalue weighted by Gasteiger charge is -2.21. The average molecular weight is 384 g/mol. The number of Topliss-reactive ketones (excluding diaryl/α,β-unsaturated/α-hetero) is 1. The molecule has 0 bridgehead atoms. The molecule has 1 amide bonds. The highest BCUT2D eigenvalue weighted by Crippen LogP contribution is 2.28. The molecule has 1 aliphatic rings. The molecule has 3 rings (SSSR count). The van der Waals surface area contributed by atoms with Crippen LogP contribution in [-0.2, 0) is 16.0 Å². The second-order valence-corrected chi connectivity index (χ2v) is 7.34. The van der Waals surface area contributed by atoms with E-state index in [1.54, 1.807) is 19.5 Å². The number of nitrogens with zero attached hydrogens (tertiary/aromatic N) is 3. The third-order valence-corrected chi connectivity index (χ3v) is 5.41. The minimum atomic E-state index is -0.00883. The van der Waals surface area contributed by atoms with E-state index in [-0.39, 0.29) is 17.7 Å². The summed E-state index contributed by atoms with van der Waals surface area (Å²) in [5.74, 6) is 0.371. The second-order valence-electron chi connectivity index (χ2n) is 7.34. The van der Waals surface area contributed by atoms with Crippen LogP contribution in [0.1, 0.15) is 48.7 Å². The molecule has 0 aliphatic carbocycles. The van der Waals surface area contributed by atoms with E-state index < -0.39 is 0 Å². The summed E-state index contributed by atoms with van der Waals surface area (Å²) in [6, 6.07) is 0.248. The van der Waals surface area contributed by atoms with Crippen LogP contribution in [0.5, 0.6) is 0 Å². The molecule has 0 aromatic carbocycles. The molecule has 0 spiro atoms. The van der Waals surface area contributed by atoms with Crippen LogP contribution in [-0.4, -0.2) is 57.8 Å². The zero-order valence-electron chi connectivity index (χ0n) is 16.6. The van der Waals surface area contributed by atoms with Crippen LogP contribution in [0, 0.1) is 5.92 Å². The Balaban J connectivity index is 1.74. The lowest BCUT2D eigenvalue weighted by molar-refractivity contribution is -0.126. The fourth-order valence-electron chi connectivity index (χ4n) is 3.98. The van der Waals surface area contributed by atoms with Gasteiger partial charge in [0.1, 0.15) is 5.52 Å². The van der Waals surface area contributed by atoms with Crippen molar-refractivity contribution in [3.05, 3.63) is 36.3 Å². The number of amides is 1. The van der Waals surface area contributed by atoms with E-state index in [2.05, 4.69) is 23.5 Å². The number of ether oxygens (including phenoxy) is 1. The van der Waals surface area contributed by atoms with Gasteiger partial charge in [-0.2, -0.15) is 0 Å². The van der Waals surface area contributed by atoms with Gasteiger partial charge in [-0.25, -0.2) is 9.97 Å². The van der Waals surface area contributed by atoms with Gasteiger partial charge in [-0.15, -0.1) is 0 Å². The molecule has 2 aromatic rings. The number of H-pyrrole nitrogens is 1. The van der Waals surface area contributed by atoms with Crippen LogP contribution < -0.4 is 0 Å². The van der Waals surface area contributed by atoms with Gasteiger partial charge in [0.15, 0.2) is 11.4 Å². The van der Waals surface area contributed by atoms with Gasteiger partial charge in [-0.05, 0) is 37.7 Å². The number of carbonyl (C=O) groups is 2. The molecule has 28 heavy (non-hydrogen) atoms. The summed E-state index contributed by atoms with van der Waals surface area (Å²) in [5.41, 5.74) is 2.69. The molecular weight excluding hydrogens is 356 g/mol. The smallest absolute Gasteiger partial charge is 0.246 e. The number of rotatable bonds is 9. The fraction of sp³-hybridized carbons (Fsp3) is 0.524. The average Bonchev–Trinajstić information content (AvgIpc) is 3.31. The summed E-state index contributed by atoms with van der Waals surface area (Å²) in [6.45, 7) is 6.98. The first-order valence-corrected chi connectivity index (χ1v) is 9.85. The molecule has 2 atom stereocenters. The molecule has 7 heteroatoms. The van der Waals surface area contributed by atoms with Crippen molar-refractivity contribution in [2.45, 2.75) is 45.1 Å². The van der Waals surface area contributed by atoms with Crippen LogP contribution in [0.25, 0.3) is 11.2 Å². The molecule has 2 aromatic heterocycles. The number of likely N-dealkylation sites (tertiary alicyclic amines) is 1. The first-order chi connectivity index (χ1) is 13.6. The maximum Gasteiger partial charge on any atom is 0.246 e. The summed E-state index contributed by atoms with van der Waals surface area (Å²) in [6.07, 6.45) is 8.56. The highest BCUT2D eigenvalue weighted by Gasteiger charge is 2.33. The van der Waals surface area contributed by atoms with E-state index >= 15 is 0 Å². The quantitative estimate of drug-likeness (QED) is 0.408. The van der Waals surface area contributed by atoms with Gasteiger partial charge in [0.2, 0.25) is 5.91 Å². The topological polar surface area (TPSA) is 88.2 Å². The van der Waals surface area contributed by atoms with Crippen molar-refractivity contribution in [2.24, 2.45) is 5.92 Å². The number of fused-ring (bicyclic) bond motifs is 1. The number of methoxy groups -OCH3 is 1. The third-order valence-electron chi connectivity index (χ3n) is 5.41. The monoisotopic (exact) mass is 384 g/mol. The van der Waals surface area contributed by atoms with Crippen LogP contribution >= 0.6 is 0 Å². The summed E-state index contributed by atoms with van der Waals surface area (Å²) in [5, 5.41) is 0. The third kappa shape index (κ3) is 4.30. The molecule has 3 heterocycles. The highest BCUT2D eigenvalue weighted by molar-refractivity contribution is 6.05. The standard InChI is InChI=1S/C21H28N4O3/c1-4-16-10-14(13-25(16)19(27)5-2)9-15-11-22-21-20(24-15)17(12-23-21)18(26)7-6-8-28-3/h5,11-12,14,16H,2,4,6-10,13H2,1,3H3,(H,22,23)/t14-,16-/m1/s1. The van der Waals surface area contributed by atoms with Gasteiger partial charge >= 0.3 is 0 Å². The molecule has 7 nitrogen and oxygen atoms in total. The van der Waals surface area contributed by atoms with Gasteiger partial charge in [0, 0.05) is 38.9 Å². The summed E-state index contributed by atoms with van der Waals surface area (Å²) < 4.78 is 5.02. The van der Waals surface area contributed by atoms with E-state index in [1.807, 2.05) is 4.90 Å². The molecule has 1 aliphatic heterocycles. The SMILES string of the molecule is C=CC(=O)N1C[C@H](Cc2cnc3[nH]cc(C(=O)CCCOC)c3n2)C[C@H]1CC. The number of aromatic nitrogens is 3. The zero-order valence-corrected chi connectivity index (χ0v) is 16.6. The van der Waals surface area contributed by atoms with Crippen LogP contribution in [0.15, 0.2) is 25.0 Å². The molecule has 0 unspecified atom stereocenters. The number of aromatic amines is 1. The van der Waals surface area contributed by atoms with Crippen molar-refractivity contribution < 1.29 is 14.3 Å². The Kier molecular flexibility index (Phi) is 6.57. The van der Waals surface area contributed by atoms with Gasteiger partial charge < -0.3 is 14.6 Å². The zero-order chi connectivity index (χ0) is 20.1. The molecule has 150 valence electrons. The van der Waals surface area contributed by atoms with Gasteiger partial charge in [-0.3, -0.25) is 9.59 Å². The number of hydrogen-bond acceptors (Lipinski definition) is 5. The lowest BCUT2D eigenvalue weighted by atomic mass is 9.99. The first-order valence-electron chi connectivity index (χ1n) is 9.85. The minimum Gasteiger partial charge on any atom is -0.385 e. The van der Waals surface area contributed by atoms with Crippen molar-refractivity contribution in [1.29, 1.82) is 0 Å². The lowest BCUT2D eigenvalue weighted by Crippen LogP contribution is -2.34. The summed E-state index contributed by atoms with van der Waals surface area (Å²) in [4.78, 5) is 38.7. The Morgan fingerprint density at radius 1 is 1.46 bits per heavy atom. The Hall–Kier alpha value is -2.54. The van der Waals surface area contributed by atoms with Gasteiger partial charge in [-0.1, -0.05) is 13.5 Å². The number of carbonyl (C=O) groups excluding carboxylic acids is 2. The summed E-state index contributed by atoms with van der Waals surface area (Å²) in [7, 11) is 1.63. The summed E-state index contributed by atoms with van der Waals surface area (Å²) >= 11 is 0. The second kappa shape index (κ2) is 9.10. The van der Waals surface area contributed by atoms with Gasteiger partial charge in [0.25, 0.3) is 0 Å².